The van der Waals surface area contributed by atoms with Gasteiger partial charge in [0.05, 0.1) is 4.90 Å². The van der Waals surface area contributed by atoms with Gasteiger partial charge in [0.2, 0.25) is 10.0 Å². The molecule has 1 aliphatic heterocycles. The van der Waals surface area contributed by atoms with Crippen molar-refractivity contribution in [3.63, 3.8) is 0 Å². The van der Waals surface area contributed by atoms with Crippen LogP contribution in [0.25, 0.3) is 0 Å². The lowest BCUT2D eigenvalue weighted by molar-refractivity contribution is 0.316. The van der Waals surface area contributed by atoms with Gasteiger partial charge >= 0.3 is 0 Å². The zero-order chi connectivity index (χ0) is 10.9. The van der Waals surface area contributed by atoms with Gasteiger partial charge in [-0.25, -0.2) is 8.42 Å². The van der Waals surface area contributed by atoms with Crippen molar-refractivity contribution in [3.05, 3.63) is 18.5 Å². The van der Waals surface area contributed by atoms with Crippen molar-refractivity contribution in [3.8, 4) is 0 Å². The number of hydrogen-bond donors (Lipinski definition) is 2. The molecule has 1 aromatic rings. The second-order valence-electron chi connectivity index (χ2n) is 3.81. The lowest BCUT2D eigenvalue weighted by atomic mass is 10.1. The maximum absolute atomic E-state index is 12.0. The van der Waals surface area contributed by atoms with Gasteiger partial charge in [-0.05, 0) is 18.9 Å². The molecule has 0 radical (unpaired) electrons. The van der Waals surface area contributed by atoms with E-state index in [1.54, 1.807) is 12.3 Å². The molecule has 0 aliphatic carbocycles. The Balaban J connectivity index is 2.22. The summed E-state index contributed by atoms with van der Waals surface area (Å²) >= 11 is 0. The number of hydrogen-bond acceptors (Lipinski definition) is 3. The minimum Gasteiger partial charge on any atom is -0.366 e. The molecule has 2 rings (SSSR count). The Morgan fingerprint density at radius 2 is 2.33 bits per heavy atom. The molecule has 1 atom stereocenters. The molecular formula is C9H15N3O2S. The fourth-order valence-electron chi connectivity index (χ4n) is 1.81. The average molecular weight is 229 g/mol. The summed E-state index contributed by atoms with van der Waals surface area (Å²) in [5.74, 6) is 0. The summed E-state index contributed by atoms with van der Waals surface area (Å²) in [6.07, 6.45) is 4.84. The number of nitrogens with two attached hydrogens (primary N) is 1. The quantitative estimate of drug-likeness (QED) is 0.756. The van der Waals surface area contributed by atoms with Crippen molar-refractivity contribution >= 4 is 10.0 Å². The average Bonchev–Trinajstić information content (AvgIpc) is 2.71. The van der Waals surface area contributed by atoms with Crippen LogP contribution in [0.2, 0.25) is 0 Å². The molecular weight excluding hydrogens is 214 g/mol. The summed E-state index contributed by atoms with van der Waals surface area (Å²) in [7, 11) is -3.33. The molecule has 2 heterocycles. The van der Waals surface area contributed by atoms with Crippen molar-refractivity contribution in [2.45, 2.75) is 23.8 Å². The fraction of sp³-hybridized carbons (Fsp3) is 0.556. The van der Waals surface area contributed by atoms with E-state index in [9.17, 15) is 8.42 Å². The predicted molar refractivity (Wildman–Crippen MR) is 56.8 cm³/mol. The Morgan fingerprint density at radius 1 is 1.53 bits per heavy atom. The van der Waals surface area contributed by atoms with Gasteiger partial charge in [0, 0.05) is 31.5 Å². The molecule has 0 bridgehead atoms. The number of nitrogens with one attached hydrogen (secondary N) is 1. The predicted octanol–water partition coefficient (Wildman–Crippen LogP) is 0.126. The van der Waals surface area contributed by atoms with E-state index in [-0.39, 0.29) is 6.04 Å². The number of aromatic amines is 1. The highest BCUT2D eigenvalue weighted by Crippen LogP contribution is 2.19. The topological polar surface area (TPSA) is 79.2 Å². The van der Waals surface area contributed by atoms with E-state index in [0.717, 1.165) is 12.8 Å². The second-order valence-corrected chi connectivity index (χ2v) is 5.75. The molecule has 0 amide bonds. The van der Waals surface area contributed by atoms with Crippen LogP contribution >= 0.6 is 0 Å². The first-order chi connectivity index (χ1) is 7.10. The number of piperidine rings is 1. The van der Waals surface area contributed by atoms with Crippen LogP contribution in [-0.2, 0) is 10.0 Å². The minimum absolute atomic E-state index is 0.0348. The van der Waals surface area contributed by atoms with Crippen LogP contribution in [0.3, 0.4) is 0 Å². The van der Waals surface area contributed by atoms with Gasteiger partial charge in [-0.15, -0.1) is 0 Å². The molecule has 3 N–H and O–H groups in total. The first-order valence-corrected chi connectivity index (χ1v) is 6.43. The summed E-state index contributed by atoms with van der Waals surface area (Å²) in [6, 6.07) is 1.53. The van der Waals surface area contributed by atoms with Gasteiger partial charge in [0.1, 0.15) is 0 Å². The van der Waals surface area contributed by atoms with Gasteiger partial charge in [-0.1, -0.05) is 0 Å². The summed E-state index contributed by atoms with van der Waals surface area (Å²) < 4.78 is 25.6. The van der Waals surface area contributed by atoms with Crippen LogP contribution in [0.5, 0.6) is 0 Å². The van der Waals surface area contributed by atoms with E-state index in [2.05, 4.69) is 4.98 Å². The standard InChI is InChI=1S/C9H15N3O2S/c10-8-2-1-5-12(7-8)15(13,14)9-3-4-11-6-9/h3-4,6,8,11H,1-2,5,7,10H2. The number of rotatable bonds is 2. The smallest absolute Gasteiger partial charge is 0.244 e. The van der Waals surface area contributed by atoms with E-state index in [0.29, 0.717) is 18.0 Å². The van der Waals surface area contributed by atoms with E-state index in [4.69, 9.17) is 5.73 Å². The maximum atomic E-state index is 12.0. The number of sulfonamides is 1. The molecule has 1 aromatic heterocycles. The normalized spacial score (nSPS) is 24.2. The zero-order valence-corrected chi connectivity index (χ0v) is 9.20. The van der Waals surface area contributed by atoms with Crippen molar-refractivity contribution in [1.82, 2.24) is 9.29 Å². The largest absolute Gasteiger partial charge is 0.366 e. The van der Waals surface area contributed by atoms with E-state index in [1.807, 2.05) is 0 Å². The van der Waals surface area contributed by atoms with E-state index < -0.39 is 10.0 Å². The molecule has 1 saturated heterocycles. The third kappa shape index (κ3) is 2.06. The Morgan fingerprint density at radius 3 is 2.93 bits per heavy atom. The van der Waals surface area contributed by atoms with Gasteiger partial charge in [-0.3, -0.25) is 0 Å². The summed E-state index contributed by atoms with van der Waals surface area (Å²) in [4.78, 5) is 3.07. The Bertz CT molecular complexity index is 413. The molecule has 1 fully saturated rings. The highest BCUT2D eigenvalue weighted by atomic mass is 32.2. The van der Waals surface area contributed by atoms with Crippen LogP contribution in [0.4, 0.5) is 0 Å². The van der Waals surface area contributed by atoms with Crippen LogP contribution in [0.1, 0.15) is 12.8 Å². The van der Waals surface area contributed by atoms with Gasteiger partial charge < -0.3 is 10.7 Å². The molecule has 1 aliphatic rings. The molecule has 0 spiro atoms. The molecule has 0 saturated carbocycles. The van der Waals surface area contributed by atoms with Gasteiger partial charge in [-0.2, -0.15) is 4.31 Å². The van der Waals surface area contributed by atoms with Crippen molar-refractivity contribution in [1.29, 1.82) is 0 Å². The highest BCUT2D eigenvalue weighted by molar-refractivity contribution is 7.89. The van der Waals surface area contributed by atoms with Crippen LogP contribution < -0.4 is 5.73 Å². The minimum atomic E-state index is -3.33. The second kappa shape index (κ2) is 3.96. The molecule has 1 unspecified atom stereocenters. The molecule has 15 heavy (non-hydrogen) atoms. The number of H-pyrrole nitrogens is 1. The lowest BCUT2D eigenvalue weighted by Crippen LogP contribution is -2.45. The van der Waals surface area contributed by atoms with Crippen LogP contribution in [0, 0.1) is 0 Å². The van der Waals surface area contributed by atoms with E-state index >= 15 is 0 Å². The van der Waals surface area contributed by atoms with Crippen LogP contribution in [-0.4, -0.2) is 36.8 Å². The maximum Gasteiger partial charge on any atom is 0.244 e. The number of aromatic nitrogens is 1. The molecule has 84 valence electrons. The van der Waals surface area contributed by atoms with Gasteiger partial charge in [0.25, 0.3) is 0 Å². The van der Waals surface area contributed by atoms with Crippen molar-refractivity contribution in [2.24, 2.45) is 5.73 Å². The zero-order valence-electron chi connectivity index (χ0n) is 8.39. The van der Waals surface area contributed by atoms with Crippen molar-refractivity contribution in [2.75, 3.05) is 13.1 Å². The van der Waals surface area contributed by atoms with E-state index in [1.165, 1.54) is 10.5 Å². The SMILES string of the molecule is NC1CCCN(S(=O)(=O)c2cc[nH]c2)C1. The van der Waals surface area contributed by atoms with Crippen LogP contribution in [0.15, 0.2) is 23.4 Å². The summed E-state index contributed by atoms with van der Waals surface area (Å²) in [5.41, 5.74) is 5.76. The highest BCUT2D eigenvalue weighted by Gasteiger charge is 2.28. The monoisotopic (exact) mass is 229 g/mol. The fourth-order valence-corrected chi connectivity index (χ4v) is 3.32. The first kappa shape index (κ1) is 10.7. The third-order valence-electron chi connectivity index (χ3n) is 2.63. The molecule has 6 heteroatoms. The lowest BCUT2D eigenvalue weighted by Gasteiger charge is -2.29. The molecule has 0 aromatic carbocycles. The van der Waals surface area contributed by atoms with Crippen molar-refractivity contribution < 1.29 is 8.42 Å². The summed E-state index contributed by atoms with van der Waals surface area (Å²) in [5, 5.41) is 0. The van der Waals surface area contributed by atoms with Gasteiger partial charge in [0.15, 0.2) is 0 Å². The first-order valence-electron chi connectivity index (χ1n) is 4.99. The Hall–Kier alpha value is -0.850. The number of nitrogens with zero attached hydrogens (tertiary/aromatic N) is 1. The molecule has 5 nitrogen and oxygen atoms in total. The summed E-state index contributed by atoms with van der Waals surface area (Å²) in [6.45, 7) is 0.995. The Kier molecular flexibility index (Phi) is 2.81. The Labute approximate surface area is 89.3 Å². The third-order valence-corrected chi connectivity index (χ3v) is 4.49.